The predicted octanol–water partition coefficient (Wildman–Crippen LogP) is 0.258. The van der Waals surface area contributed by atoms with Gasteiger partial charge in [0, 0.05) is 6.42 Å². The van der Waals surface area contributed by atoms with Crippen molar-refractivity contribution < 1.29 is 19.8 Å². The van der Waals surface area contributed by atoms with Crippen molar-refractivity contribution in [1.82, 2.24) is 0 Å². The van der Waals surface area contributed by atoms with Gasteiger partial charge in [0.15, 0.2) is 0 Å². The molecule has 86 valence electrons. The van der Waals surface area contributed by atoms with Crippen molar-refractivity contribution in [2.75, 3.05) is 0 Å². The van der Waals surface area contributed by atoms with Gasteiger partial charge in [0.2, 0.25) is 5.91 Å². The normalized spacial score (nSPS) is 23.3. The highest BCUT2D eigenvalue weighted by Crippen LogP contribution is 2.39. The molecule has 5 nitrogen and oxygen atoms in total. The molecule has 0 heterocycles. The molecule has 0 spiro atoms. The molecule has 0 radical (unpaired) electrons. The SMILES string of the molecule is CC(CC1(O)CCCC1)(C(N)=O)C(=O)O. The number of aliphatic hydroxyl groups is 1. The van der Waals surface area contributed by atoms with Gasteiger partial charge >= 0.3 is 5.97 Å². The van der Waals surface area contributed by atoms with Gasteiger partial charge in [-0.15, -0.1) is 0 Å². The first kappa shape index (κ1) is 12.0. The zero-order valence-electron chi connectivity index (χ0n) is 8.82. The van der Waals surface area contributed by atoms with Crippen molar-refractivity contribution >= 4 is 11.9 Å². The lowest BCUT2D eigenvalue weighted by atomic mass is 9.77. The predicted molar refractivity (Wildman–Crippen MR) is 53.0 cm³/mol. The van der Waals surface area contributed by atoms with E-state index in [1.807, 2.05) is 0 Å². The molecule has 0 saturated heterocycles. The molecule has 0 aromatic carbocycles. The average molecular weight is 215 g/mol. The van der Waals surface area contributed by atoms with Gasteiger partial charge in [-0.1, -0.05) is 12.8 Å². The molecule has 1 amide bonds. The number of rotatable bonds is 4. The van der Waals surface area contributed by atoms with E-state index in [9.17, 15) is 14.7 Å². The molecule has 1 aliphatic carbocycles. The maximum Gasteiger partial charge on any atom is 0.319 e. The minimum absolute atomic E-state index is 0.0926. The summed E-state index contributed by atoms with van der Waals surface area (Å²) < 4.78 is 0. The van der Waals surface area contributed by atoms with Gasteiger partial charge in [-0.2, -0.15) is 0 Å². The van der Waals surface area contributed by atoms with Crippen LogP contribution in [0.1, 0.15) is 39.0 Å². The summed E-state index contributed by atoms with van der Waals surface area (Å²) in [5.41, 5.74) is 2.37. The van der Waals surface area contributed by atoms with E-state index in [4.69, 9.17) is 10.8 Å². The van der Waals surface area contributed by atoms with Crippen molar-refractivity contribution in [3.8, 4) is 0 Å². The molecule has 0 bridgehead atoms. The quantitative estimate of drug-likeness (QED) is 0.585. The van der Waals surface area contributed by atoms with E-state index in [0.29, 0.717) is 12.8 Å². The second-order valence-electron chi connectivity index (χ2n) is 4.61. The third kappa shape index (κ3) is 2.28. The Bertz CT molecular complexity index is 267. The molecule has 1 atom stereocenters. The third-order valence-corrected chi connectivity index (χ3v) is 3.23. The summed E-state index contributed by atoms with van der Waals surface area (Å²) in [6.07, 6.45) is 2.73. The lowest BCUT2D eigenvalue weighted by Crippen LogP contribution is -2.47. The fourth-order valence-electron chi connectivity index (χ4n) is 2.14. The van der Waals surface area contributed by atoms with Crippen LogP contribution in [0.25, 0.3) is 0 Å². The van der Waals surface area contributed by atoms with Crippen LogP contribution in [0.5, 0.6) is 0 Å². The smallest absolute Gasteiger partial charge is 0.319 e. The van der Waals surface area contributed by atoms with Crippen molar-refractivity contribution in [2.24, 2.45) is 11.1 Å². The lowest BCUT2D eigenvalue weighted by molar-refractivity contribution is -0.158. The summed E-state index contributed by atoms with van der Waals surface area (Å²) >= 11 is 0. The van der Waals surface area contributed by atoms with Crippen molar-refractivity contribution in [2.45, 2.75) is 44.6 Å². The highest BCUT2D eigenvalue weighted by Gasteiger charge is 2.47. The van der Waals surface area contributed by atoms with E-state index in [-0.39, 0.29) is 6.42 Å². The van der Waals surface area contributed by atoms with Gasteiger partial charge in [0.05, 0.1) is 5.60 Å². The van der Waals surface area contributed by atoms with Crippen LogP contribution in [-0.2, 0) is 9.59 Å². The summed E-state index contributed by atoms with van der Waals surface area (Å²) in [5, 5.41) is 19.0. The Labute approximate surface area is 88.3 Å². The topological polar surface area (TPSA) is 101 Å². The van der Waals surface area contributed by atoms with Crippen LogP contribution >= 0.6 is 0 Å². The van der Waals surface area contributed by atoms with E-state index in [1.165, 1.54) is 6.92 Å². The molecule has 1 fully saturated rings. The lowest BCUT2D eigenvalue weighted by Gasteiger charge is -2.30. The van der Waals surface area contributed by atoms with Gasteiger partial charge in [0.1, 0.15) is 5.41 Å². The second kappa shape index (κ2) is 3.81. The average Bonchev–Trinajstić information content (AvgIpc) is 2.51. The largest absolute Gasteiger partial charge is 0.480 e. The molecule has 5 heteroatoms. The minimum atomic E-state index is -1.67. The monoisotopic (exact) mass is 215 g/mol. The molecule has 0 aromatic heterocycles. The number of nitrogens with two attached hydrogens (primary N) is 1. The highest BCUT2D eigenvalue weighted by atomic mass is 16.4. The Morgan fingerprint density at radius 2 is 1.87 bits per heavy atom. The van der Waals surface area contributed by atoms with Gasteiger partial charge in [0.25, 0.3) is 0 Å². The maximum atomic E-state index is 11.1. The fourth-order valence-corrected chi connectivity index (χ4v) is 2.14. The number of hydrogen-bond donors (Lipinski definition) is 3. The Kier molecular flexibility index (Phi) is 3.04. The molecule has 0 aromatic rings. The molecule has 1 saturated carbocycles. The van der Waals surface area contributed by atoms with E-state index in [1.54, 1.807) is 0 Å². The minimum Gasteiger partial charge on any atom is -0.480 e. The van der Waals surface area contributed by atoms with Crippen LogP contribution in [0.3, 0.4) is 0 Å². The van der Waals surface area contributed by atoms with E-state index >= 15 is 0 Å². The summed E-state index contributed by atoms with van der Waals surface area (Å²) in [6.45, 7) is 1.27. The zero-order valence-corrected chi connectivity index (χ0v) is 8.82. The van der Waals surface area contributed by atoms with Gasteiger partial charge in [-0.25, -0.2) is 0 Å². The number of carboxylic acids is 1. The van der Waals surface area contributed by atoms with E-state index in [0.717, 1.165) is 12.8 Å². The maximum absolute atomic E-state index is 11.1. The first-order valence-corrected chi connectivity index (χ1v) is 5.06. The number of carbonyl (C=O) groups is 2. The number of carboxylic acid groups (broad SMARTS) is 1. The van der Waals surface area contributed by atoms with Crippen LogP contribution in [0, 0.1) is 5.41 Å². The van der Waals surface area contributed by atoms with Crippen molar-refractivity contribution in [3.63, 3.8) is 0 Å². The Balaban J connectivity index is 2.84. The number of primary amides is 1. The number of carbonyl (C=O) groups excluding carboxylic acids is 1. The van der Waals surface area contributed by atoms with Gasteiger partial charge < -0.3 is 15.9 Å². The van der Waals surface area contributed by atoms with E-state index in [2.05, 4.69) is 0 Å². The molecule has 15 heavy (non-hydrogen) atoms. The molecule has 0 aliphatic heterocycles. The zero-order chi connectivity index (χ0) is 11.7. The summed E-state index contributed by atoms with van der Waals surface area (Å²) in [6, 6.07) is 0. The Morgan fingerprint density at radius 3 is 2.20 bits per heavy atom. The molecular formula is C10H17NO4. The van der Waals surface area contributed by atoms with Gasteiger partial charge in [-0.3, -0.25) is 9.59 Å². The first-order valence-electron chi connectivity index (χ1n) is 5.06. The first-order chi connectivity index (χ1) is 6.80. The molecule has 1 aliphatic rings. The Morgan fingerprint density at radius 1 is 1.40 bits per heavy atom. The highest BCUT2D eigenvalue weighted by molar-refractivity contribution is 6.00. The summed E-state index contributed by atoms with van der Waals surface area (Å²) in [5.74, 6) is -2.16. The van der Waals surface area contributed by atoms with Crippen LogP contribution in [0.4, 0.5) is 0 Å². The van der Waals surface area contributed by atoms with Crippen molar-refractivity contribution in [1.29, 1.82) is 0 Å². The Hall–Kier alpha value is -1.10. The molecule has 1 rings (SSSR count). The summed E-state index contributed by atoms with van der Waals surface area (Å²) in [4.78, 5) is 22.1. The summed E-state index contributed by atoms with van der Waals surface area (Å²) in [7, 11) is 0. The number of hydrogen-bond acceptors (Lipinski definition) is 3. The molecule has 1 unspecified atom stereocenters. The number of amides is 1. The van der Waals surface area contributed by atoms with Gasteiger partial charge in [-0.05, 0) is 19.8 Å². The second-order valence-corrected chi connectivity index (χ2v) is 4.61. The van der Waals surface area contributed by atoms with Crippen LogP contribution in [0.2, 0.25) is 0 Å². The van der Waals surface area contributed by atoms with Crippen LogP contribution in [0.15, 0.2) is 0 Å². The third-order valence-electron chi connectivity index (χ3n) is 3.23. The van der Waals surface area contributed by atoms with Crippen LogP contribution in [-0.4, -0.2) is 27.7 Å². The molecule has 4 N–H and O–H groups in total. The fraction of sp³-hybridized carbons (Fsp3) is 0.800. The van der Waals surface area contributed by atoms with Crippen LogP contribution < -0.4 is 5.73 Å². The van der Waals surface area contributed by atoms with E-state index < -0.39 is 22.9 Å². The standard InChI is InChI=1S/C10H17NO4/c1-9(7(11)12,8(13)14)6-10(15)4-2-3-5-10/h15H,2-6H2,1H3,(H2,11,12)(H,13,14). The number of aliphatic carboxylic acids is 1. The van der Waals surface area contributed by atoms with Crippen molar-refractivity contribution in [3.05, 3.63) is 0 Å². The molecular weight excluding hydrogens is 198 g/mol.